The highest BCUT2D eigenvalue weighted by molar-refractivity contribution is 5.79. The van der Waals surface area contributed by atoms with Gasteiger partial charge >= 0.3 is 0 Å². The molecule has 0 fully saturated rings. The summed E-state index contributed by atoms with van der Waals surface area (Å²) in [4.78, 5) is 24.5. The summed E-state index contributed by atoms with van der Waals surface area (Å²) < 4.78 is 0. The van der Waals surface area contributed by atoms with Gasteiger partial charge in [-0.2, -0.15) is 0 Å². The van der Waals surface area contributed by atoms with Gasteiger partial charge in [0.05, 0.1) is 6.33 Å². The number of hydrogen-bond acceptors (Lipinski definition) is 3. The summed E-state index contributed by atoms with van der Waals surface area (Å²) in [6.45, 7) is 5.27. The zero-order chi connectivity index (χ0) is 16.2. The zero-order valence-corrected chi connectivity index (χ0v) is 13.2. The second kappa shape index (κ2) is 6.62. The molecule has 2 heterocycles. The molecule has 0 saturated heterocycles. The van der Waals surface area contributed by atoms with E-state index in [0.717, 1.165) is 29.7 Å². The molecule has 0 aliphatic carbocycles. The van der Waals surface area contributed by atoms with Crippen molar-refractivity contribution >= 4 is 11.0 Å². The molecule has 23 heavy (non-hydrogen) atoms. The molecule has 0 bridgehead atoms. The highest BCUT2D eigenvalue weighted by Gasteiger charge is 2.16. The molecule has 2 aromatic heterocycles. The number of H-pyrrole nitrogens is 2. The first kappa shape index (κ1) is 15.2. The molecule has 0 saturated carbocycles. The Morgan fingerprint density at radius 3 is 2.83 bits per heavy atom. The normalized spacial score (nSPS) is 11.2. The van der Waals surface area contributed by atoms with Crippen LogP contribution in [0.25, 0.3) is 11.0 Å². The number of nitrogens with one attached hydrogen (secondary N) is 2. The predicted molar refractivity (Wildman–Crippen MR) is 92.5 cm³/mol. The Kier molecular flexibility index (Phi) is 4.39. The fourth-order valence-corrected chi connectivity index (χ4v) is 2.79. The van der Waals surface area contributed by atoms with E-state index in [2.05, 4.69) is 38.6 Å². The smallest absolute Gasteiger partial charge is 0.275 e. The molecule has 118 valence electrons. The van der Waals surface area contributed by atoms with Crippen molar-refractivity contribution in [3.63, 3.8) is 0 Å². The SMILES string of the molecule is C=CCN(C)Cc1c(Cc2ccccc2)[nH]c2c(=O)[nH]cnc12. The lowest BCUT2D eigenvalue weighted by atomic mass is 10.1. The molecule has 5 nitrogen and oxygen atoms in total. The zero-order valence-electron chi connectivity index (χ0n) is 13.2. The van der Waals surface area contributed by atoms with Crippen molar-refractivity contribution in [1.82, 2.24) is 19.9 Å². The Bertz CT molecular complexity index is 864. The van der Waals surface area contributed by atoms with Gasteiger partial charge in [-0.15, -0.1) is 6.58 Å². The first-order valence-electron chi connectivity index (χ1n) is 7.59. The van der Waals surface area contributed by atoms with Gasteiger partial charge in [0.2, 0.25) is 0 Å². The van der Waals surface area contributed by atoms with Crippen molar-refractivity contribution in [2.75, 3.05) is 13.6 Å². The molecule has 0 aliphatic heterocycles. The van der Waals surface area contributed by atoms with Crippen LogP contribution in [0, 0.1) is 0 Å². The summed E-state index contributed by atoms with van der Waals surface area (Å²) in [7, 11) is 2.03. The standard InChI is InChI=1S/C18H20N4O/c1-3-9-22(2)11-14-15(10-13-7-5-4-6-8-13)21-17-16(14)19-12-20-18(17)23/h3-8,12,21H,1,9-11H2,2H3,(H,19,20,23). The van der Waals surface area contributed by atoms with Crippen molar-refractivity contribution in [1.29, 1.82) is 0 Å². The van der Waals surface area contributed by atoms with Crippen LogP contribution in [-0.2, 0) is 13.0 Å². The first-order valence-corrected chi connectivity index (χ1v) is 7.59. The van der Waals surface area contributed by atoms with E-state index < -0.39 is 0 Å². The third kappa shape index (κ3) is 3.24. The van der Waals surface area contributed by atoms with E-state index >= 15 is 0 Å². The van der Waals surface area contributed by atoms with Crippen LogP contribution in [0.5, 0.6) is 0 Å². The number of likely N-dealkylation sites (N-methyl/N-ethyl adjacent to an activating group) is 1. The monoisotopic (exact) mass is 308 g/mol. The second-order valence-corrected chi connectivity index (χ2v) is 5.69. The molecule has 0 radical (unpaired) electrons. The van der Waals surface area contributed by atoms with Gasteiger partial charge in [0, 0.05) is 30.8 Å². The topological polar surface area (TPSA) is 64.8 Å². The summed E-state index contributed by atoms with van der Waals surface area (Å²) >= 11 is 0. The maximum atomic E-state index is 12.1. The predicted octanol–water partition coefficient (Wildman–Crippen LogP) is 2.46. The van der Waals surface area contributed by atoms with E-state index in [-0.39, 0.29) is 5.56 Å². The summed E-state index contributed by atoms with van der Waals surface area (Å²) in [5, 5.41) is 0. The van der Waals surface area contributed by atoms with Gasteiger partial charge < -0.3 is 9.97 Å². The molecule has 3 rings (SSSR count). The van der Waals surface area contributed by atoms with Crippen LogP contribution in [0.1, 0.15) is 16.8 Å². The van der Waals surface area contributed by atoms with Crippen LogP contribution in [0.15, 0.2) is 54.1 Å². The van der Waals surface area contributed by atoms with Crippen LogP contribution < -0.4 is 5.56 Å². The van der Waals surface area contributed by atoms with Gasteiger partial charge in [-0.3, -0.25) is 9.69 Å². The Morgan fingerprint density at radius 2 is 2.09 bits per heavy atom. The largest absolute Gasteiger partial charge is 0.352 e. The highest BCUT2D eigenvalue weighted by Crippen LogP contribution is 2.22. The maximum absolute atomic E-state index is 12.1. The second-order valence-electron chi connectivity index (χ2n) is 5.69. The van der Waals surface area contributed by atoms with Gasteiger partial charge in [-0.25, -0.2) is 4.98 Å². The van der Waals surface area contributed by atoms with Gasteiger partial charge in [0.15, 0.2) is 0 Å². The van der Waals surface area contributed by atoms with Crippen molar-refractivity contribution in [2.24, 2.45) is 0 Å². The third-order valence-corrected chi connectivity index (χ3v) is 3.87. The molecular formula is C18H20N4O. The molecule has 0 amide bonds. The fourth-order valence-electron chi connectivity index (χ4n) is 2.79. The number of rotatable bonds is 6. The van der Waals surface area contributed by atoms with Crippen molar-refractivity contribution < 1.29 is 0 Å². The Labute approximate surface area is 134 Å². The molecule has 0 atom stereocenters. The minimum Gasteiger partial charge on any atom is -0.352 e. The van der Waals surface area contributed by atoms with Crippen LogP contribution in [0.2, 0.25) is 0 Å². The maximum Gasteiger partial charge on any atom is 0.275 e. The summed E-state index contributed by atoms with van der Waals surface area (Å²) in [5.74, 6) is 0. The molecule has 0 unspecified atom stereocenters. The van der Waals surface area contributed by atoms with Crippen molar-refractivity contribution in [3.05, 3.63) is 76.5 Å². The van der Waals surface area contributed by atoms with E-state index in [9.17, 15) is 4.79 Å². The van der Waals surface area contributed by atoms with Crippen LogP contribution in [0.4, 0.5) is 0 Å². The molecule has 5 heteroatoms. The Morgan fingerprint density at radius 1 is 1.30 bits per heavy atom. The number of hydrogen-bond donors (Lipinski definition) is 2. The van der Waals surface area contributed by atoms with Crippen LogP contribution in [-0.4, -0.2) is 33.4 Å². The number of aromatic amines is 2. The quantitative estimate of drug-likeness (QED) is 0.688. The average Bonchev–Trinajstić information content (AvgIpc) is 2.88. The van der Waals surface area contributed by atoms with E-state index in [1.54, 1.807) is 0 Å². The molecule has 2 N–H and O–H groups in total. The number of benzene rings is 1. The van der Waals surface area contributed by atoms with Gasteiger partial charge in [0.1, 0.15) is 11.0 Å². The number of fused-ring (bicyclic) bond motifs is 1. The molecule has 0 aliphatic rings. The van der Waals surface area contributed by atoms with Gasteiger partial charge in [-0.05, 0) is 12.6 Å². The van der Waals surface area contributed by atoms with Crippen molar-refractivity contribution in [2.45, 2.75) is 13.0 Å². The van der Waals surface area contributed by atoms with Crippen molar-refractivity contribution in [3.8, 4) is 0 Å². The minimum absolute atomic E-state index is 0.137. The summed E-state index contributed by atoms with van der Waals surface area (Å²) in [6.07, 6.45) is 4.07. The number of nitrogens with zero attached hydrogens (tertiary/aromatic N) is 2. The van der Waals surface area contributed by atoms with Crippen LogP contribution >= 0.6 is 0 Å². The fraction of sp³-hybridized carbons (Fsp3) is 0.222. The molecule has 1 aromatic carbocycles. The molecule has 0 spiro atoms. The van der Waals surface area contributed by atoms with E-state index in [4.69, 9.17) is 0 Å². The lowest BCUT2D eigenvalue weighted by molar-refractivity contribution is 0.363. The summed E-state index contributed by atoms with van der Waals surface area (Å²) in [5.41, 5.74) is 4.45. The molecule has 3 aromatic rings. The van der Waals surface area contributed by atoms with Gasteiger partial charge in [0.25, 0.3) is 5.56 Å². The lowest BCUT2D eigenvalue weighted by Gasteiger charge is -2.15. The lowest BCUT2D eigenvalue weighted by Crippen LogP contribution is -2.18. The Hall–Kier alpha value is -2.66. The van der Waals surface area contributed by atoms with E-state index in [1.165, 1.54) is 11.9 Å². The molecular weight excluding hydrogens is 288 g/mol. The first-order chi connectivity index (χ1) is 11.2. The van der Waals surface area contributed by atoms with Gasteiger partial charge in [-0.1, -0.05) is 36.4 Å². The Balaban J connectivity index is 2.06. The third-order valence-electron chi connectivity index (χ3n) is 3.87. The number of aromatic nitrogens is 3. The highest BCUT2D eigenvalue weighted by atomic mass is 16.1. The van der Waals surface area contributed by atoms with Crippen LogP contribution in [0.3, 0.4) is 0 Å². The minimum atomic E-state index is -0.137. The van der Waals surface area contributed by atoms with E-state index in [0.29, 0.717) is 12.1 Å². The average molecular weight is 308 g/mol. The van der Waals surface area contributed by atoms with E-state index in [1.807, 2.05) is 31.3 Å². The summed E-state index contributed by atoms with van der Waals surface area (Å²) in [6, 6.07) is 10.2.